The lowest BCUT2D eigenvalue weighted by molar-refractivity contribution is -0.138. The molecule has 0 aromatic heterocycles. The summed E-state index contributed by atoms with van der Waals surface area (Å²) in [5.74, 6) is 0.622. The first kappa shape index (κ1) is 22.4. The zero-order valence-corrected chi connectivity index (χ0v) is 18.2. The van der Waals surface area contributed by atoms with Crippen LogP contribution in [-0.4, -0.2) is 41.2 Å². The number of hydrogen-bond donors (Lipinski definition) is 1. The molecule has 0 aliphatic heterocycles. The molecule has 0 radical (unpaired) electrons. The van der Waals surface area contributed by atoms with Crippen LogP contribution in [0.3, 0.4) is 0 Å². The van der Waals surface area contributed by atoms with Crippen LogP contribution in [0, 0.1) is 0 Å². The molecule has 0 unspecified atom stereocenters. The van der Waals surface area contributed by atoms with Gasteiger partial charge in [0.15, 0.2) is 0 Å². The topological polar surface area (TPSA) is 57.6 Å². The molecule has 0 saturated heterocycles. The van der Waals surface area contributed by atoms with E-state index in [2.05, 4.69) is 0 Å². The van der Waals surface area contributed by atoms with Crippen molar-refractivity contribution in [2.24, 2.45) is 0 Å². The van der Waals surface area contributed by atoms with E-state index in [-0.39, 0.29) is 12.8 Å². The molecule has 146 valence electrons. The second-order valence-corrected chi connectivity index (χ2v) is 14.7. The van der Waals surface area contributed by atoms with Crippen molar-refractivity contribution in [3.63, 3.8) is 0 Å². The normalized spacial score (nSPS) is 11.6. The molecule has 2 aromatic carbocycles. The number of nitrogens with zero attached hydrogens (tertiary/aromatic N) is 1. The van der Waals surface area contributed by atoms with Gasteiger partial charge in [0.25, 0.3) is 0 Å². The lowest BCUT2D eigenvalue weighted by atomic mass is 10.2. The quantitative estimate of drug-likeness (QED) is 0.339. The number of halogens is 1. The molecule has 0 amide bonds. The highest BCUT2D eigenvalue weighted by molar-refractivity contribution is 8.90. The summed E-state index contributed by atoms with van der Waals surface area (Å²) in [6.07, 6.45) is 0.223. The fourth-order valence-electron chi connectivity index (χ4n) is 2.37. The van der Waals surface area contributed by atoms with Crippen molar-refractivity contribution in [2.45, 2.75) is 11.5 Å². The highest BCUT2D eigenvalue weighted by atomic mass is 35.5. The van der Waals surface area contributed by atoms with Gasteiger partial charge in [0.1, 0.15) is 0 Å². The Morgan fingerprint density at radius 3 is 1.85 bits per heavy atom. The fraction of sp³-hybridized carbons (Fsp3) is 0.316. The summed E-state index contributed by atoms with van der Waals surface area (Å²) in [5, 5.41) is 9.14. The van der Waals surface area contributed by atoms with Crippen LogP contribution in [0.25, 0.3) is 0 Å². The van der Waals surface area contributed by atoms with E-state index in [0.29, 0.717) is 23.9 Å². The number of carboxylic acid groups (broad SMARTS) is 1. The second-order valence-electron chi connectivity index (χ2n) is 5.91. The van der Waals surface area contributed by atoms with Crippen LogP contribution in [0.15, 0.2) is 60.7 Å². The number of rotatable bonds is 12. The summed E-state index contributed by atoms with van der Waals surface area (Å²) in [5.41, 5.74) is -0.551. The Bertz CT molecular complexity index is 702. The molecule has 2 aromatic rings. The van der Waals surface area contributed by atoms with Crippen molar-refractivity contribution in [1.29, 1.82) is 0 Å². The van der Waals surface area contributed by atoms with Crippen LogP contribution in [0.4, 0.5) is 0 Å². The average Bonchev–Trinajstić information content (AvgIpc) is 2.66. The first-order valence-corrected chi connectivity index (χ1v) is 14.1. The Morgan fingerprint density at radius 2 is 1.44 bits per heavy atom. The summed E-state index contributed by atoms with van der Waals surface area (Å²) in [6, 6.07) is 19.8. The number of carboxylic acids is 1. The number of alkyl halides is 1. The minimum atomic E-state index is -2.76. The second kappa shape index (κ2) is 11.8. The Balaban J connectivity index is 2.09. The first-order valence-electron chi connectivity index (χ1n) is 8.47. The molecule has 8 heteroatoms. The molecular formula is C19H23ClNO3PS2. The van der Waals surface area contributed by atoms with Crippen LogP contribution in [0.1, 0.15) is 11.1 Å². The minimum Gasteiger partial charge on any atom is -0.480 e. The van der Waals surface area contributed by atoms with E-state index in [1.165, 1.54) is 22.8 Å². The first-order chi connectivity index (χ1) is 13.0. The number of aliphatic carboxylic acids is 1. The van der Waals surface area contributed by atoms with Gasteiger partial charge in [-0.05, 0) is 11.1 Å². The molecule has 0 heterocycles. The van der Waals surface area contributed by atoms with E-state index in [9.17, 15) is 9.36 Å². The van der Waals surface area contributed by atoms with Crippen molar-refractivity contribution in [3.05, 3.63) is 71.8 Å². The van der Waals surface area contributed by atoms with Gasteiger partial charge in [-0.3, -0.25) is 14.3 Å². The van der Waals surface area contributed by atoms with Gasteiger partial charge in [0.05, 0.1) is 12.8 Å². The summed E-state index contributed by atoms with van der Waals surface area (Å²) in [6.45, 7) is 0.240. The monoisotopic (exact) mass is 443 g/mol. The predicted molar refractivity (Wildman–Crippen MR) is 118 cm³/mol. The molecule has 0 aliphatic rings. The molecule has 0 fully saturated rings. The maximum atomic E-state index is 13.7. The molecule has 4 nitrogen and oxygen atoms in total. The highest BCUT2D eigenvalue weighted by Gasteiger charge is 2.28. The maximum absolute atomic E-state index is 13.7. The number of hydrogen-bond acceptors (Lipinski definition) is 5. The zero-order valence-electron chi connectivity index (χ0n) is 14.9. The third kappa shape index (κ3) is 8.75. The molecule has 27 heavy (non-hydrogen) atoms. The van der Waals surface area contributed by atoms with Gasteiger partial charge >= 0.3 is 5.97 Å². The molecule has 0 saturated carbocycles. The standard InChI is InChI=1S/C19H23ClNO3PS2/c20-11-12-21(13-19(22)23)16-25(24,26-14-17-7-3-1-4-8-17)27-15-18-9-5-2-6-10-18/h1-10H,11-16H2,(H,22,23). The molecule has 0 bridgehead atoms. The van der Waals surface area contributed by atoms with Crippen molar-refractivity contribution in [1.82, 2.24) is 4.90 Å². The largest absolute Gasteiger partial charge is 0.480 e. The summed E-state index contributed by atoms with van der Waals surface area (Å²) < 4.78 is 13.7. The van der Waals surface area contributed by atoms with Gasteiger partial charge in [-0.2, -0.15) is 0 Å². The SMILES string of the molecule is O=C(O)CN(CCCl)CP(=O)(SCc1ccccc1)SCc1ccccc1. The fourth-order valence-corrected chi connectivity index (χ4v) is 10.0. The van der Waals surface area contributed by atoms with E-state index >= 15 is 0 Å². The van der Waals surface area contributed by atoms with Crippen molar-refractivity contribution >= 4 is 45.9 Å². The van der Waals surface area contributed by atoms with Crippen molar-refractivity contribution in [3.8, 4) is 0 Å². The summed E-state index contributed by atoms with van der Waals surface area (Å²) in [7, 11) is 0. The summed E-state index contributed by atoms with van der Waals surface area (Å²) in [4.78, 5) is 12.8. The Kier molecular flexibility index (Phi) is 9.80. The smallest absolute Gasteiger partial charge is 0.317 e. The van der Waals surface area contributed by atoms with E-state index in [1.54, 1.807) is 4.90 Å². The van der Waals surface area contributed by atoms with E-state index < -0.39 is 11.5 Å². The van der Waals surface area contributed by atoms with Gasteiger partial charge in [0.2, 0.25) is 5.55 Å². The summed E-state index contributed by atoms with van der Waals surface area (Å²) >= 11 is 8.65. The van der Waals surface area contributed by atoms with Crippen LogP contribution in [0.5, 0.6) is 0 Å². The van der Waals surface area contributed by atoms with Crippen molar-refractivity contribution in [2.75, 3.05) is 25.3 Å². The molecule has 0 atom stereocenters. The van der Waals surface area contributed by atoms with E-state index in [4.69, 9.17) is 16.7 Å². The van der Waals surface area contributed by atoms with Gasteiger partial charge < -0.3 is 5.11 Å². The minimum absolute atomic E-state index is 0.158. The molecular weight excluding hydrogens is 421 g/mol. The highest BCUT2D eigenvalue weighted by Crippen LogP contribution is 2.70. The van der Waals surface area contributed by atoms with Crippen LogP contribution < -0.4 is 0 Å². The third-order valence-electron chi connectivity index (χ3n) is 3.67. The lowest BCUT2D eigenvalue weighted by Gasteiger charge is -2.25. The van der Waals surface area contributed by atoms with E-state index in [1.807, 2.05) is 60.7 Å². The van der Waals surface area contributed by atoms with Crippen LogP contribution in [-0.2, 0) is 20.9 Å². The number of carbonyl (C=O) groups is 1. The van der Waals surface area contributed by atoms with Crippen LogP contribution in [0.2, 0.25) is 0 Å². The molecule has 0 spiro atoms. The number of benzene rings is 2. The maximum Gasteiger partial charge on any atom is 0.317 e. The van der Waals surface area contributed by atoms with Crippen molar-refractivity contribution < 1.29 is 14.5 Å². The zero-order chi connectivity index (χ0) is 19.5. The van der Waals surface area contributed by atoms with E-state index in [0.717, 1.165) is 11.1 Å². The predicted octanol–water partition coefficient (Wildman–Crippen LogP) is 5.63. The van der Waals surface area contributed by atoms with Crippen LogP contribution >= 0.6 is 39.9 Å². The Labute approximate surface area is 173 Å². The molecule has 2 rings (SSSR count). The van der Waals surface area contributed by atoms with Gasteiger partial charge in [-0.1, -0.05) is 83.4 Å². The average molecular weight is 444 g/mol. The van der Waals surface area contributed by atoms with Gasteiger partial charge in [0, 0.05) is 23.9 Å². The molecule has 0 aliphatic carbocycles. The Hall–Kier alpha value is -0.910. The van der Waals surface area contributed by atoms with Gasteiger partial charge in [-0.25, -0.2) is 0 Å². The Morgan fingerprint density at radius 1 is 0.963 bits per heavy atom. The lowest BCUT2D eigenvalue weighted by Crippen LogP contribution is -2.31. The van der Waals surface area contributed by atoms with Gasteiger partial charge in [-0.15, -0.1) is 11.6 Å². The molecule has 1 N–H and O–H groups in total. The third-order valence-corrected chi connectivity index (χ3v) is 12.0.